The van der Waals surface area contributed by atoms with Gasteiger partial charge in [-0.05, 0) is 63.0 Å². The van der Waals surface area contributed by atoms with Crippen LogP contribution in [0.15, 0.2) is 59.3 Å². The fourth-order valence-corrected chi connectivity index (χ4v) is 4.93. The van der Waals surface area contributed by atoms with Crippen molar-refractivity contribution in [2.75, 3.05) is 19.6 Å². The van der Waals surface area contributed by atoms with E-state index in [-0.39, 0.29) is 17.7 Å². The third-order valence-electron chi connectivity index (χ3n) is 6.97. The van der Waals surface area contributed by atoms with Gasteiger partial charge in [0.05, 0.1) is 11.6 Å². The molecule has 176 valence electrons. The Balaban J connectivity index is 1.30. The molecule has 1 saturated heterocycles. The molecule has 4 rings (SSSR count). The normalized spacial score (nSPS) is 25.6. The summed E-state index contributed by atoms with van der Waals surface area (Å²) in [6.07, 6.45) is 11.4. The summed E-state index contributed by atoms with van der Waals surface area (Å²) in [5, 5.41) is 7.01. The van der Waals surface area contributed by atoms with E-state index in [1.807, 2.05) is 24.0 Å². The van der Waals surface area contributed by atoms with Gasteiger partial charge in [-0.15, -0.1) is 0 Å². The number of nitrogens with zero attached hydrogens (tertiary/aromatic N) is 2. The van der Waals surface area contributed by atoms with Crippen molar-refractivity contribution < 1.29 is 14.4 Å². The van der Waals surface area contributed by atoms with Crippen LogP contribution in [0.3, 0.4) is 0 Å². The summed E-state index contributed by atoms with van der Waals surface area (Å²) in [6.45, 7) is 5.89. The Morgan fingerprint density at radius 3 is 2.67 bits per heavy atom. The minimum absolute atomic E-state index is 0.109. The van der Waals surface area contributed by atoms with Crippen molar-refractivity contribution in [3.05, 3.63) is 59.7 Å². The van der Waals surface area contributed by atoms with Crippen molar-refractivity contribution >= 4 is 17.5 Å². The maximum atomic E-state index is 13.2. The number of rotatable bonds is 6. The highest BCUT2D eigenvalue weighted by atomic mass is 16.7. The molecule has 0 saturated carbocycles. The molecule has 0 aromatic heterocycles. The van der Waals surface area contributed by atoms with E-state index in [0.717, 1.165) is 56.5 Å². The standard InChI is InChI=1S/C27H35N3O3/c1-3-28-26(32)27(2)19-24(29-33-27)22-10-7-11-23(13-12-22)25(31)30-16-14-21(15-17-30)18-20-8-5-4-6-9-20/h4-6,8-10,12-13,21,23H,3,7,11,14-19H2,1-2H3,(H,28,32). The average molecular weight is 450 g/mol. The lowest BCUT2D eigenvalue weighted by Gasteiger charge is -2.33. The number of amides is 2. The van der Waals surface area contributed by atoms with E-state index >= 15 is 0 Å². The first kappa shape index (κ1) is 23.3. The van der Waals surface area contributed by atoms with E-state index in [1.54, 1.807) is 6.92 Å². The predicted octanol–water partition coefficient (Wildman–Crippen LogP) is 4.03. The molecular formula is C27H35N3O3. The molecule has 2 unspecified atom stereocenters. The first-order chi connectivity index (χ1) is 16.0. The first-order valence-electron chi connectivity index (χ1n) is 12.2. The second-order valence-electron chi connectivity index (χ2n) is 9.56. The van der Waals surface area contributed by atoms with Gasteiger partial charge in [0.15, 0.2) is 0 Å². The Kier molecular flexibility index (Phi) is 7.31. The van der Waals surface area contributed by atoms with Gasteiger partial charge in [0, 0.05) is 26.1 Å². The first-order valence-corrected chi connectivity index (χ1v) is 12.2. The number of likely N-dealkylation sites (tertiary alicyclic amines) is 1. The van der Waals surface area contributed by atoms with Crippen LogP contribution in [0.4, 0.5) is 0 Å². The maximum Gasteiger partial charge on any atom is 0.267 e. The molecule has 2 atom stereocenters. The third-order valence-corrected chi connectivity index (χ3v) is 6.97. The van der Waals surface area contributed by atoms with Gasteiger partial charge >= 0.3 is 0 Å². The number of carbonyl (C=O) groups excluding carboxylic acids is 2. The largest absolute Gasteiger partial charge is 0.379 e. The van der Waals surface area contributed by atoms with Crippen molar-refractivity contribution in [2.45, 2.75) is 58.0 Å². The Morgan fingerprint density at radius 2 is 1.94 bits per heavy atom. The average Bonchev–Trinajstić information content (AvgIpc) is 3.08. The zero-order valence-corrected chi connectivity index (χ0v) is 19.8. The van der Waals surface area contributed by atoms with E-state index in [1.165, 1.54) is 5.56 Å². The number of oxime groups is 1. The molecule has 6 nitrogen and oxygen atoms in total. The molecule has 2 aliphatic heterocycles. The van der Waals surface area contributed by atoms with Gasteiger partial charge in [-0.2, -0.15) is 0 Å². The van der Waals surface area contributed by atoms with E-state index in [4.69, 9.17) is 4.84 Å². The van der Waals surface area contributed by atoms with Gasteiger partial charge in [-0.3, -0.25) is 9.59 Å². The van der Waals surface area contributed by atoms with Crippen LogP contribution in [0.25, 0.3) is 0 Å². The molecule has 1 N–H and O–H groups in total. The lowest BCUT2D eigenvalue weighted by Crippen LogP contribution is -2.44. The molecule has 1 aromatic rings. The number of allylic oxidation sites excluding steroid dienone is 3. The predicted molar refractivity (Wildman–Crippen MR) is 130 cm³/mol. The lowest BCUT2D eigenvalue weighted by atomic mass is 9.89. The molecule has 6 heteroatoms. The van der Waals surface area contributed by atoms with Crippen molar-refractivity contribution in [3.63, 3.8) is 0 Å². The minimum Gasteiger partial charge on any atom is -0.379 e. The molecule has 0 bridgehead atoms. The zero-order chi connectivity index (χ0) is 23.3. The molecule has 33 heavy (non-hydrogen) atoms. The van der Waals surface area contributed by atoms with Gasteiger partial charge in [-0.25, -0.2) is 0 Å². The molecule has 1 aliphatic carbocycles. The van der Waals surface area contributed by atoms with Gasteiger partial charge in [-0.1, -0.05) is 53.7 Å². The molecule has 3 aliphatic rings. The summed E-state index contributed by atoms with van der Waals surface area (Å²) in [4.78, 5) is 33.1. The molecule has 2 amide bonds. The summed E-state index contributed by atoms with van der Waals surface area (Å²) in [7, 11) is 0. The smallest absolute Gasteiger partial charge is 0.267 e. The van der Waals surface area contributed by atoms with Crippen LogP contribution in [-0.4, -0.2) is 47.7 Å². The van der Waals surface area contributed by atoms with E-state index in [2.05, 4.69) is 46.9 Å². The van der Waals surface area contributed by atoms with E-state index in [9.17, 15) is 9.59 Å². The summed E-state index contributed by atoms with van der Waals surface area (Å²) in [5.74, 6) is 0.623. The highest BCUT2D eigenvalue weighted by Gasteiger charge is 2.42. The summed E-state index contributed by atoms with van der Waals surface area (Å²) >= 11 is 0. The molecule has 2 heterocycles. The second kappa shape index (κ2) is 10.4. The van der Waals surface area contributed by atoms with Gasteiger partial charge in [0.1, 0.15) is 0 Å². The summed E-state index contributed by atoms with van der Waals surface area (Å²) in [5.41, 5.74) is 2.15. The van der Waals surface area contributed by atoms with E-state index < -0.39 is 5.60 Å². The van der Waals surface area contributed by atoms with Crippen molar-refractivity contribution in [1.29, 1.82) is 0 Å². The minimum atomic E-state index is -0.967. The maximum absolute atomic E-state index is 13.2. The summed E-state index contributed by atoms with van der Waals surface area (Å²) in [6, 6.07) is 10.6. The van der Waals surface area contributed by atoms with Crippen LogP contribution in [0, 0.1) is 11.8 Å². The monoisotopic (exact) mass is 449 g/mol. The number of hydrogen-bond acceptors (Lipinski definition) is 4. The Hall–Kier alpha value is -2.89. The Morgan fingerprint density at radius 1 is 1.18 bits per heavy atom. The Bertz CT molecular complexity index is 945. The van der Waals surface area contributed by atoms with Crippen molar-refractivity contribution in [1.82, 2.24) is 10.2 Å². The highest BCUT2D eigenvalue weighted by molar-refractivity contribution is 6.07. The van der Waals surface area contributed by atoms with Crippen LogP contribution in [0.1, 0.15) is 51.5 Å². The van der Waals surface area contributed by atoms with Crippen LogP contribution >= 0.6 is 0 Å². The number of benzene rings is 1. The van der Waals surface area contributed by atoms with Gasteiger partial charge in [0.25, 0.3) is 5.91 Å². The third kappa shape index (κ3) is 5.55. The van der Waals surface area contributed by atoms with Crippen LogP contribution in [0.5, 0.6) is 0 Å². The van der Waals surface area contributed by atoms with Crippen molar-refractivity contribution in [3.8, 4) is 0 Å². The zero-order valence-electron chi connectivity index (χ0n) is 19.8. The molecule has 0 spiro atoms. The number of hydrogen-bond donors (Lipinski definition) is 1. The van der Waals surface area contributed by atoms with Crippen molar-refractivity contribution in [2.24, 2.45) is 17.0 Å². The number of likely N-dealkylation sites (N-methyl/N-ethyl adjacent to an activating group) is 1. The van der Waals surface area contributed by atoms with Gasteiger partial charge < -0.3 is 15.1 Å². The fraction of sp³-hybridized carbons (Fsp3) is 0.519. The van der Waals surface area contributed by atoms with Crippen LogP contribution in [-0.2, 0) is 20.8 Å². The fourth-order valence-electron chi connectivity index (χ4n) is 4.93. The SMILES string of the molecule is CCNC(=O)C1(C)CC(C2=CCCC(C(=O)N3CCC(Cc4ccccc4)CC3)C=C2)=NO1. The Labute approximate surface area is 196 Å². The number of piperidine rings is 1. The lowest BCUT2D eigenvalue weighted by molar-refractivity contribution is -0.141. The number of carbonyl (C=O) groups is 2. The van der Waals surface area contributed by atoms with Crippen LogP contribution in [0.2, 0.25) is 0 Å². The van der Waals surface area contributed by atoms with E-state index in [0.29, 0.717) is 18.9 Å². The molecule has 1 aromatic carbocycles. The quantitative estimate of drug-likeness (QED) is 0.713. The highest BCUT2D eigenvalue weighted by Crippen LogP contribution is 2.30. The van der Waals surface area contributed by atoms with Gasteiger partial charge in [0.2, 0.25) is 11.5 Å². The molecular weight excluding hydrogens is 414 g/mol. The molecule has 0 radical (unpaired) electrons. The summed E-state index contributed by atoms with van der Waals surface area (Å²) < 4.78 is 0. The molecule has 1 fully saturated rings. The number of nitrogens with one attached hydrogen (secondary N) is 1. The second-order valence-corrected chi connectivity index (χ2v) is 9.56. The van der Waals surface area contributed by atoms with Crippen LogP contribution < -0.4 is 5.32 Å². The topological polar surface area (TPSA) is 71.0 Å².